The van der Waals surface area contributed by atoms with Crippen LogP contribution in [-0.2, 0) is 11.2 Å². The van der Waals surface area contributed by atoms with E-state index in [1.165, 1.54) is 0 Å². The molecule has 0 unspecified atom stereocenters. The number of para-hydroxylation sites is 1. The molecule has 30 heavy (non-hydrogen) atoms. The Hall–Kier alpha value is -2.67. The zero-order valence-electron chi connectivity index (χ0n) is 17.6. The summed E-state index contributed by atoms with van der Waals surface area (Å²) in [6, 6.07) is 10.0. The Morgan fingerprint density at radius 3 is 2.40 bits per heavy atom. The predicted molar refractivity (Wildman–Crippen MR) is 119 cm³/mol. The molecule has 1 aliphatic rings. The summed E-state index contributed by atoms with van der Waals surface area (Å²) in [5, 5.41) is 5.04. The molecule has 3 heterocycles. The third-order valence-corrected chi connectivity index (χ3v) is 5.46. The topological polar surface area (TPSA) is 67.2 Å². The largest absolute Gasteiger partial charge is 0.352 e. The number of fused-ring (bicyclic) bond motifs is 1. The molecule has 0 radical (unpaired) electrons. The number of hydrogen-bond acceptors (Lipinski definition) is 5. The molecular weight excluding hydrogens is 400 g/mol. The van der Waals surface area contributed by atoms with E-state index in [1.807, 2.05) is 46.1 Å². The molecule has 0 bridgehead atoms. The lowest BCUT2D eigenvalue weighted by Gasteiger charge is -2.36. The average molecular weight is 427 g/mol. The fourth-order valence-electron chi connectivity index (χ4n) is 3.78. The second-order valence-electron chi connectivity index (χ2n) is 8.12. The molecule has 1 saturated heterocycles. The number of hydrogen-bond donors (Lipinski definition) is 0. The molecule has 0 spiro atoms. The van der Waals surface area contributed by atoms with Gasteiger partial charge in [-0.3, -0.25) is 4.79 Å². The first-order valence-electron chi connectivity index (χ1n) is 10.4. The van der Waals surface area contributed by atoms with Gasteiger partial charge in [-0.05, 0) is 25.0 Å². The van der Waals surface area contributed by atoms with Crippen LogP contribution in [0.2, 0.25) is 0 Å². The molecule has 7 nitrogen and oxygen atoms in total. The summed E-state index contributed by atoms with van der Waals surface area (Å²) in [5.41, 5.74) is 1.79. The van der Waals surface area contributed by atoms with Gasteiger partial charge in [0, 0.05) is 32.6 Å². The number of rotatable bonds is 5. The molecule has 4 rings (SSSR count). The van der Waals surface area contributed by atoms with E-state index < -0.39 is 5.38 Å². The molecule has 1 atom stereocenters. The minimum absolute atomic E-state index is 0.0125. The first-order valence-corrected chi connectivity index (χ1v) is 10.9. The Kier molecular flexibility index (Phi) is 5.90. The van der Waals surface area contributed by atoms with E-state index in [4.69, 9.17) is 21.6 Å². The van der Waals surface area contributed by atoms with Crippen molar-refractivity contribution in [3.8, 4) is 5.69 Å². The lowest BCUT2D eigenvalue weighted by molar-refractivity contribution is -0.130. The van der Waals surface area contributed by atoms with Gasteiger partial charge >= 0.3 is 0 Å². The lowest BCUT2D eigenvalue weighted by Crippen LogP contribution is -2.50. The number of carbonyl (C=O) groups excluding carboxylic acids is 1. The molecule has 1 amide bonds. The summed E-state index contributed by atoms with van der Waals surface area (Å²) < 4.78 is 1.87. The van der Waals surface area contributed by atoms with Crippen LogP contribution in [0.3, 0.4) is 0 Å². The first-order chi connectivity index (χ1) is 14.4. The van der Waals surface area contributed by atoms with Gasteiger partial charge in [0.2, 0.25) is 5.91 Å². The lowest BCUT2D eigenvalue weighted by atomic mass is 10.1. The zero-order valence-corrected chi connectivity index (χ0v) is 18.4. The first kappa shape index (κ1) is 20.6. The highest BCUT2D eigenvalue weighted by Crippen LogP contribution is 2.27. The molecular formula is C22H27ClN6O. The number of nitrogens with zero attached hydrogens (tertiary/aromatic N) is 6. The van der Waals surface area contributed by atoms with Crippen LogP contribution in [0, 0.1) is 5.92 Å². The molecule has 8 heteroatoms. The number of amides is 1. The van der Waals surface area contributed by atoms with Crippen LogP contribution < -0.4 is 4.90 Å². The molecule has 158 valence electrons. The maximum absolute atomic E-state index is 12.2. The summed E-state index contributed by atoms with van der Waals surface area (Å²) >= 11 is 5.99. The third-order valence-electron chi connectivity index (χ3n) is 5.28. The van der Waals surface area contributed by atoms with Gasteiger partial charge in [-0.15, -0.1) is 11.6 Å². The van der Waals surface area contributed by atoms with Gasteiger partial charge in [0.1, 0.15) is 17.0 Å². The van der Waals surface area contributed by atoms with Crippen LogP contribution in [0.15, 0.2) is 36.5 Å². The molecule has 1 aromatic carbocycles. The van der Waals surface area contributed by atoms with Crippen molar-refractivity contribution in [3.63, 3.8) is 0 Å². The average Bonchev–Trinajstić information content (AvgIpc) is 3.17. The highest BCUT2D eigenvalue weighted by molar-refractivity contribution is 6.30. The third kappa shape index (κ3) is 4.12. The molecule has 1 fully saturated rings. The van der Waals surface area contributed by atoms with Crippen molar-refractivity contribution in [2.75, 3.05) is 31.1 Å². The van der Waals surface area contributed by atoms with Gasteiger partial charge in [0.15, 0.2) is 5.65 Å². The van der Waals surface area contributed by atoms with Crippen molar-refractivity contribution in [3.05, 3.63) is 42.4 Å². The van der Waals surface area contributed by atoms with Crippen LogP contribution in [0.1, 0.15) is 26.6 Å². The predicted octanol–water partition coefficient (Wildman–Crippen LogP) is 3.29. The number of piperazine rings is 1. The SMILES string of the molecule is CC(C)Cc1nc(N2CCN(C(=O)[C@H](C)Cl)CC2)c2cnn(-c3ccccc3)c2n1. The Morgan fingerprint density at radius 1 is 1.07 bits per heavy atom. The number of carbonyl (C=O) groups is 1. The van der Waals surface area contributed by atoms with Crippen molar-refractivity contribution in [2.45, 2.75) is 32.6 Å². The Bertz CT molecular complexity index is 1020. The smallest absolute Gasteiger partial charge is 0.240 e. The van der Waals surface area contributed by atoms with E-state index in [9.17, 15) is 4.79 Å². The van der Waals surface area contributed by atoms with Crippen molar-refractivity contribution < 1.29 is 4.79 Å². The number of anilines is 1. The monoisotopic (exact) mass is 426 g/mol. The fraction of sp³-hybridized carbons (Fsp3) is 0.455. The van der Waals surface area contributed by atoms with Gasteiger partial charge < -0.3 is 9.80 Å². The van der Waals surface area contributed by atoms with Gasteiger partial charge in [-0.25, -0.2) is 14.6 Å². The van der Waals surface area contributed by atoms with Crippen molar-refractivity contribution >= 4 is 34.4 Å². The number of aromatic nitrogens is 4. The van der Waals surface area contributed by atoms with Gasteiger partial charge in [-0.1, -0.05) is 32.0 Å². The fourth-order valence-corrected chi connectivity index (χ4v) is 3.92. The Balaban J connectivity index is 1.71. The summed E-state index contributed by atoms with van der Waals surface area (Å²) in [6.07, 6.45) is 2.64. The van der Waals surface area contributed by atoms with Crippen LogP contribution in [0.4, 0.5) is 5.82 Å². The second-order valence-corrected chi connectivity index (χ2v) is 8.77. The second kappa shape index (κ2) is 8.60. The molecule has 1 aliphatic heterocycles. The Morgan fingerprint density at radius 2 is 1.77 bits per heavy atom. The number of benzene rings is 1. The summed E-state index contributed by atoms with van der Waals surface area (Å²) in [6.45, 7) is 8.74. The molecule has 0 aliphatic carbocycles. The van der Waals surface area contributed by atoms with Crippen LogP contribution >= 0.6 is 11.6 Å². The van der Waals surface area contributed by atoms with Crippen LogP contribution in [0.25, 0.3) is 16.7 Å². The normalized spacial score (nSPS) is 15.8. The van der Waals surface area contributed by atoms with E-state index in [1.54, 1.807) is 6.92 Å². The van der Waals surface area contributed by atoms with Crippen LogP contribution in [0.5, 0.6) is 0 Å². The summed E-state index contributed by atoms with van der Waals surface area (Å²) in [4.78, 5) is 26.0. The minimum Gasteiger partial charge on any atom is -0.352 e. The summed E-state index contributed by atoms with van der Waals surface area (Å²) in [7, 11) is 0. The Labute approximate surface area is 181 Å². The summed E-state index contributed by atoms with van der Waals surface area (Å²) in [5.74, 6) is 2.14. The molecule has 0 saturated carbocycles. The van der Waals surface area contributed by atoms with Crippen molar-refractivity contribution in [2.24, 2.45) is 5.92 Å². The minimum atomic E-state index is -0.496. The van der Waals surface area contributed by atoms with Gasteiger partial charge in [0.25, 0.3) is 0 Å². The quantitative estimate of drug-likeness (QED) is 0.585. The van der Waals surface area contributed by atoms with E-state index >= 15 is 0 Å². The standard InChI is InChI=1S/C22H27ClN6O/c1-15(2)13-19-25-20(27-9-11-28(12-10-27)22(30)16(3)23)18-14-24-29(21(18)26-19)17-7-5-4-6-8-17/h4-8,14-16H,9-13H2,1-3H3/t16-/m0/s1. The molecule has 2 aromatic heterocycles. The number of alkyl halides is 1. The molecule has 3 aromatic rings. The van der Waals surface area contributed by atoms with E-state index in [0.29, 0.717) is 32.1 Å². The van der Waals surface area contributed by atoms with E-state index in [2.05, 4.69) is 23.8 Å². The molecule has 0 N–H and O–H groups in total. The highest BCUT2D eigenvalue weighted by Gasteiger charge is 2.26. The maximum atomic E-state index is 12.2. The van der Waals surface area contributed by atoms with Crippen molar-refractivity contribution in [1.82, 2.24) is 24.6 Å². The number of halogens is 1. The maximum Gasteiger partial charge on any atom is 0.240 e. The van der Waals surface area contributed by atoms with E-state index in [-0.39, 0.29) is 5.91 Å². The zero-order chi connectivity index (χ0) is 21.3. The van der Waals surface area contributed by atoms with Crippen LogP contribution in [-0.4, -0.2) is 62.1 Å². The highest BCUT2D eigenvalue weighted by atomic mass is 35.5. The van der Waals surface area contributed by atoms with Gasteiger partial charge in [-0.2, -0.15) is 5.10 Å². The van der Waals surface area contributed by atoms with E-state index in [0.717, 1.165) is 34.8 Å². The van der Waals surface area contributed by atoms with Gasteiger partial charge in [0.05, 0.1) is 17.3 Å². The van der Waals surface area contributed by atoms with Crippen molar-refractivity contribution in [1.29, 1.82) is 0 Å².